The van der Waals surface area contributed by atoms with Crippen LogP contribution in [0.3, 0.4) is 0 Å². The zero-order valence-corrected chi connectivity index (χ0v) is 19.2. The fourth-order valence-corrected chi connectivity index (χ4v) is 4.70. The first-order valence-corrected chi connectivity index (χ1v) is 11.6. The van der Waals surface area contributed by atoms with E-state index in [4.69, 9.17) is 9.68 Å². The van der Waals surface area contributed by atoms with Gasteiger partial charge in [0, 0.05) is 24.4 Å². The molecule has 0 saturated heterocycles. The summed E-state index contributed by atoms with van der Waals surface area (Å²) in [5.41, 5.74) is 2.47. The van der Waals surface area contributed by atoms with Crippen LogP contribution < -0.4 is 4.84 Å². The lowest BCUT2D eigenvalue weighted by Crippen LogP contribution is -2.44. The van der Waals surface area contributed by atoms with Crippen LogP contribution in [0.1, 0.15) is 50.5 Å². The summed E-state index contributed by atoms with van der Waals surface area (Å²) in [6.45, 7) is 6.50. The van der Waals surface area contributed by atoms with Crippen LogP contribution in [0.2, 0.25) is 0 Å². The zero-order valence-electron chi connectivity index (χ0n) is 19.2. The summed E-state index contributed by atoms with van der Waals surface area (Å²) < 4.78 is 15.5. The second-order valence-corrected chi connectivity index (χ2v) is 9.05. The van der Waals surface area contributed by atoms with Gasteiger partial charge in [-0.05, 0) is 50.0 Å². The summed E-state index contributed by atoms with van der Waals surface area (Å²) in [5, 5.41) is 10.2. The third kappa shape index (κ3) is 3.72. The van der Waals surface area contributed by atoms with Crippen LogP contribution in [0.5, 0.6) is 5.88 Å². The molecule has 1 atom stereocenters. The molecular formula is C24H26FN7O2. The molecular weight excluding hydrogens is 437 g/mol. The molecule has 176 valence electrons. The Balaban J connectivity index is 1.18. The largest absolute Gasteiger partial charge is 0.375 e. The van der Waals surface area contributed by atoms with Crippen molar-refractivity contribution in [3.8, 4) is 17.4 Å². The molecule has 1 aliphatic carbocycles. The van der Waals surface area contributed by atoms with Crippen molar-refractivity contribution in [1.29, 1.82) is 0 Å². The fourth-order valence-electron chi connectivity index (χ4n) is 4.70. The highest BCUT2D eigenvalue weighted by molar-refractivity contribution is 5.48. The second kappa shape index (κ2) is 8.44. The maximum atomic E-state index is 13.4. The fraction of sp³-hybridized carbons (Fsp3) is 0.417. The molecule has 6 rings (SSSR count). The summed E-state index contributed by atoms with van der Waals surface area (Å²) in [7, 11) is 0. The maximum absolute atomic E-state index is 13.4. The maximum Gasteiger partial charge on any atom is 0.260 e. The van der Waals surface area contributed by atoms with Crippen LogP contribution in [-0.4, -0.2) is 47.4 Å². The molecule has 0 amide bonds. The summed E-state index contributed by atoms with van der Waals surface area (Å²) >= 11 is 0. The summed E-state index contributed by atoms with van der Waals surface area (Å²) in [4.78, 5) is 23.2. The van der Waals surface area contributed by atoms with Crippen molar-refractivity contribution in [2.75, 3.05) is 6.54 Å². The minimum Gasteiger partial charge on any atom is -0.375 e. The van der Waals surface area contributed by atoms with Crippen LogP contribution in [-0.2, 0) is 17.9 Å². The number of nitrogens with zero attached hydrogens (tertiary/aromatic N) is 7. The SMILES string of the molecule is CC1=C(C)C(c2ccc(F)cc2)N(Oc2cnc(-c3nnc4n3CCN(C3CCC3)C4)cn2)O1. The van der Waals surface area contributed by atoms with Gasteiger partial charge >= 0.3 is 0 Å². The Hall–Kier alpha value is -3.37. The molecule has 1 unspecified atom stereocenters. The lowest BCUT2D eigenvalue weighted by atomic mass is 9.91. The number of hydrogen-bond acceptors (Lipinski definition) is 8. The highest BCUT2D eigenvalue weighted by atomic mass is 19.1. The molecule has 1 fully saturated rings. The van der Waals surface area contributed by atoms with Crippen molar-refractivity contribution < 1.29 is 14.1 Å². The molecule has 3 aromatic rings. The molecule has 0 radical (unpaired) electrons. The third-order valence-electron chi connectivity index (χ3n) is 7.00. The molecule has 4 heterocycles. The number of halogens is 1. The quantitative estimate of drug-likeness (QED) is 0.565. The number of hydrogen-bond donors (Lipinski definition) is 0. The second-order valence-electron chi connectivity index (χ2n) is 9.05. The van der Waals surface area contributed by atoms with Gasteiger partial charge in [0.1, 0.15) is 29.1 Å². The van der Waals surface area contributed by atoms with Gasteiger partial charge in [0.05, 0.1) is 18.9 Å². The molecule has 1 aromatic carbocycles. The molecule has 0 spiro atoms. The van der Waals surface area contributed by atoms with E-state index in [1.807, 2.05) is 13.8 Å². The van der Waals surface area contributed by atoms with Crippen molar-refractivity contribution in [2.24, 2.45) is 0 Å². The minimum absolute atomic E-state index is 0.285. The van der Waals surface area contributed by atoms with E-state index in [1.165, 1.54) is 36.6 Å². The number of allylic oxidation sites excluding steroid dienone is 1. The number of benzene rings is 1. The first-order valence-electron chi connectivity index (χ1n) is 11.6. The molecule has 2 aromatic heterocycles. The standard InChI is InChI=1S/C24H26FN7O2/c1-15-16(2)33-32(23(15)17-6-8-18(25)9-7-17)34-22-13-26-20(12-27-22)24-29-28-21-14-30(10-11-31(21)24)19-4-3-5-19/h6-9,12-13,19,23H,3-5,10-11,14H2,1-2H3. The molecule has 0 N–H and O–H groups in total. The van der Waals surface area contributed by atoms with Gasteiger partial charge in [-0.15, -0.1) is 10.2 Å². The Kier molecular flexibility index (Phi) is 5.26. The number of fused-ring (bicyclic) bond motifs is 1. The molecule has 0 bridgehead atoms. The van der Waals surface area contributed by atoms with Crippen LogP contribution >= 0.6 is 0 Å². The Morgan fingerprint density at radius 1 is 1.03 bits per heavy atom. The van der Waals surface area contributed by atoms with Crippen molar-refractivity contribution in [1.82, 2.24) is 34.9 Å². The molecule has 10 heteroatoms. The van der Waals surface area contributed by atoms with E-state index in [9.17, 15) is 4.39 Å². The zero-order chi connectivity index (χ0) is 23.2. The van der Waals surface area contributed by atoms with Crippen LogP contribution in [0.25, 0.3) is 11.5 Å². The highest BCUT2D eigenvalue weighted by Gasteiger charge is 2.35. The van der Waals surface area contributed by atoms with Gasteiger partial charge in [-0.3, -0.25) is 4.90 Å². The van der Waals surface area contributed by atoms with Gasteiger partial charge in [-0.1, -0.05) is 18.6 Å². The molecule has 1 saturated carbocycles. The van der Waals surface area contributed by atoms with E-state index in [1.54, 1.807) is 24.5 Å². The molecule has 9 nitrogen and oxygen atoms in total. The van der Waals surface area contributed by atoms with Crippen LogP contribution in [0.15, 0.2) is 48.0 Å². The van der Waals surface area contributed by atoms with Crippen LogP contribution in [0.4, 0.5) is 4.39 Å². The van der Waals surface area contributed by atoms with Gasteiger partial charge in [0.2, 0.25) is 0 Å². The minimum atomic E-state index is -0.316. The third-order valence-corrected chi connectivity index (χ3v) is 7.00. The Morgan fingerprint density at radius 2 is 1.85 bits per heavy atom. The van der Waals surface area contributed by atoms with Gasteiger partial charge in [0.25, 0.3) is 5.88 Å². The van der Waals surface area contributed by atoms with E-state index in [0.717, 1.165) is 48.2 Å². The van der Waals surface area contributed by atoms with E-state index >= 15 is 0 Å². The first-order chi connectivity index (χ1) is 16.6. The van der Waals surface area contributed by atoms with Crippen LogP contribution in [0, 0.1) is 5.82 Å². The van der Waals surface area contributed by atoms with E-state index in [-0.39, 0.29) is 17.7 Å². The predicted molar refractivity (Wildman–Crippen MR) is 120 cm³/mol. The first kappa shape index (κ1) is 21.2. The Bertz CT molecular complexity index is 1220. The summed E-state index contributed by atoms with van der Waals surface area (Å²) in [5.74, 6) is 2.41. The monoisotopic (exact) mass is 463 g/mol. The normalized spacial score (nSPS) is 21.3. The van der Waals surface area contributed by atoms with Gasteiger partial charge in [-0.2, -0.15) is 0 Å². The Morgan fingerprint density at radius 3 is 2.56 bits per heavy atom. The highest BCUT2D eigenvalue weighted by Crippen LogP contribution is 2.38. The summed E-state index contributed by atoms with van der Waals surface area (Å²) in [6, 6.07) is 6.66. The number of hydroxylamine groups is 2. The lowest BCUT2D eigenvalue weighted by molar-refractivity contribution is -0.299. The van der Waals surface area contributed by atoms with E-state index in [2.05, 4.69) is 29.6 Å². The molecule has 2 aliphatic heterocycles. The topological polar surface area (TPSA) is 81.4 Å². The summed E-state index contributed by atoms with van der Waals surface area (Å²) in [6.07, 6.45) is 7.08. The van der Waals surface area contributed by atoms with Crippen molar-refractivity contribution in [3.05, 3.63) is 65.2 Å². The van der Waals surface area contributed by atoms with Gasteiger partial charge in [-0.25, -0.2) is 14.4 Å². The smallest absolute Gasteiger partial charge is 0.260 e. The van der Waals surface area contributed by atoms with Crippen molar-refractivity contribution >= 4 is 0 Å². The van der Waals surface area contributed by atoms with Crippen molar-refractivity contribution in [3.63, 3.8) is 0 Å². The molecule has 3 aliphatic rings. The van der Waals surface area contributed by atoms with Gasteiger partial charge < -0.3 is 14.2 Å². The lowest BCUT2D eigenvalue weighted by Gasteiger charge is -2.39. The van der Waals surface area contributed by atoms with Gasteiger partial charge in [0.15, 0.2) is 5.82 Å². The predicted octanol–water partition coefficient (Wildman–Crippen LogP) is 3.82. The van der Waals surface area contributed by atoms with E-state index in [0.29, 0.717) is 11.7 Å². The number of rotatable bonds is 5. The Labute approximate surface area is 196 Å². The average Bonchev–Trinajstić information content (AvgIpc) is 3.34. The average molecular weight is 464 g/mol. The number of aromatic nitrogens is 5. The molecule has 34 heavy (non-hydrogen) atoms. The van der Waals surface area contributed by atoms with Crippen molar-refractivity contribution in [2.45, 2.75) is 58.3 Å². The van der Waals surface area contributed by atoms with E-state index < -0.39 is 0 Å².